The first-order valence-electron chi connectivity index (χ1n) is 8.31. The van der Waals surface area contributed by atoms with Gasteiger partial charge in [-0.15, -0.1) is 0 Å². The van der Waals surface area contributed by atoms with Gasteiger partial charge >= 0.3 is 0 Å². The third-order valence-electron chi connectivity index (χ3n) is 3.83. The smallest absolute Gasteiger partial charge is 0.224 e. The minimum absolute atomic E-state index is 0.0570. The molecule has 0 aliphatic heterocycles. The Hall–Kier alpha value is -1.95. The SMILES string of the molecule is CC/C(C)=N\Nc1nc2cc(C)c(NC(=O)CC(C)C)c(C)c2s1. The van der Waals surface area contributed by atoms with Gasteiger partial charge in [0.25, 0.3) is 0 Å². The molecule has 0 radical (unpaired) electrons. The van der Waals surface area contributed by atoms with E-state index in [1.165, 1.54) is 0 Å². The number of fused-ring (bicyclic) bond motifs is 1. The predicted molar refractivity (Wildman–Crippen MR) is 104 cm³/mol. The van der Waals surface area contributed by atoms with Gasteiger partial charge in [-0.2, -0.15) is 5.10 Å². The van der Waals surface area contributed by atoms with Crippen molar-refractivity contribution in [1.82, 2.24) is 4.98 Å². The predicted octanol–water partition coefficient (Wildman–Crippen LogP) is 5.10. The molecule has 130 valence electrons. The number of carbonyl (C=O) groups excluding carboxylic acids is 1. The van der Waals surface area contributed by atoms with Crippen molar-refractivity contribution >= 4 is 44.0 Å². The van der Waals surface area contributed by atoms with Gasteiger partial charge in [0.2, 0.25) is 11.0 Å². The van der Waals surface area contributed by atoms with Gasteiger partial charge in [0.15, 0.2) is 0 Å². The number of amides is 1. The lowest BCUT2D eigenvalue weighted by Crippen LogP contribution is -2.15. The Morgan fingerprint density at radius 2 is 2.08 bits per heavy atom. The molecule has 0 fully saturated rings. The zero-order valence-electron chi connectivity index (χ0n) is 15.3. The summed E-state index contributed by atoms with van der Waals surface area (Å²) in [6, 6.07) is 2.02. The van der Waals surface area contributed by atoms with Crippen molar-refractivity contribution in [3.63, 3.8) is 0 Å². The second-order valence-electron chi connectivity index (χ2n) is 6.52. The molecule has 0 bridgehead atoms. The van der Waals surface area contributed by atoms with E-state index < -0.39 is 0 Å². The first-order valence-corrected chi connectivity index (χ1v) is 9.13. The molecule has 2 N–H and O–H groups in total. The number of hydrogen-bond donors (Lipinski definition) is 2. The van der Waals surface area contributed by atoms with Crippen LogP contribution < -0.4 is 10.7 Å². The Labute approximate surface area is 147 Å². The van der Waals surface area contributed by atoms with Crippen molar-refractivity contribution in [2.45, 2.75) is 54.4 Å². The van der Waals surface area contributed by atoms with E-state index in [0.29, 0.717) is 12.3 Å². The summed E-state index contributed by atoms with van der Waals surface area (Å²) in [5, 5.41) is 8.14. The molecule has 0 atom stereocenters. The number of hydrogen-bond acceptors (Lipinski definition) is 5. The van der Waals surface area contributed by atoms with E-state index in [1.54, 1.807) is 11.3 Å². The van der Waals surface area contributed by atoms with Crippen molar-refractivity contribution in [2.75, 3.05) is 10.7 Å². The summed E-state index contributed by atoms with van der Waals surface area (Å²) in [5.41, 5.74) is 7.98. The number of carbonyl (C=O) groups is 1. The van der Waals surface area contributed by atoms with Crippen LogP contribution in [0.1, 0.15) is 51.7 Å². The Bertz CT molecular complexity index is 777. The quantitative estimate of drug-likeness (QED) is 0.565. The highest BCUT2D eigenvalue weighted by molar-refractivity contribution is 7.22. The molecule has 1 heterocycles. The lowest BCUT2D eigenvalue weighted by atomic mass is 10.1. The molecule has 0 aliphatic carbocycles. The molecule has 1 aromatic heterocycles. The molecule has 6 heteroatoms. The highest BCUT2D eigenvalue weighted by Gasteiger charge is 2.15. The van der Waals surface area contributed by atoms with Gasteiger partial charge in [0.05, 0.1) is 10.2 Å². The first kappa shape index (κ1) is 18.4. The van der Waals surface area contributed by atoms with Crippen molar-refractivity contribution < 1.29 is 4.79 Å². The van der Waals surface area contributed by atoms with Crippen LogP contribution in [0, 0.1) is 19.8 Å². The molecule has 0 unspecified atom stereocenters. The Balaban J connectivity index is 2.33. The van der Waals surface area contributed by atoms with Crippen molar-refractivity contribution in [3.8, 4) is 0 Å². The highest BCUT2D eigenvalue weighted by Crippen LogP contribution is 2.35. The summed E-state index contributed by atoms with van der Waals surface area (Å²) in [6.45, 7) is 12.2. The monoisotopic (exact) mass is 346 g/mol. The molecular weight excluding hydrogens is 320 g/mol. The summed E-state index contributed by atoms with van der Waals surface area (Å²) in [4.78, 5) is 16.7. The maximum Gasteiger partial charge on any atom is 0.224 e. The molecule has 0 saturated heterocycles. The number of aromatic nitrogens is 1. The number of rotatable bonds is 6. The van der Waals surface area contributed by atoms with E-state index in [9.17, 15) is 4.79 Å². The number of benzene rings is 1. The van der Waals surface area contributed by atoms with Crippen LogP contribution in [0.2, 0.25) is 0 Å². The average Bonchev–Trinajstić information content (AvgIpc) is 2.91. The lowest BCUT2D eigenvalue weighted by molar-refractivity contribution is -0.116. The van der Waals surface area contributed by atoms with Crippen molar-refractivity contribution in [2.24, 2.45) is 11.0 Å². The highest BCUT2D eigenvalue weighted by atomic mass is 32.1. The van der Waals surface area contributed by atoms with Crippen LogP contribution in [0.3, 0.4) is 0 Å². The van der Waals surface area contributed by atoms with E-state index in [4.69, 9.17) is 0 Å². The topological polar surface area (TPSA) is 66.4 Å². The van der Waals surface area contributed by atoms with Gasteiger partial charge in [-0.05, 0) is 50.3 Å². The van der Waals surface area contributed by atoms with Crippen LogP contribution in [-0.4, -0.2) is 16.6 Å². The van der Waals surface area contributed by atoms with Crippen LogP contribution >= 0.6 is 11.3 Å². The van der Waals surface area contributed by atoms with Gasteiger partial charge in [-0.1, -0.05) is 32.1 Å². The van der Waals surface area contributed by atoms with E-state index >= 15 is 0 Å². The van der Waals surface area contributed by atoms with Crippen LogP contribution in [0.25, 0.3) is 10.2 Å². The Morgan fingerprint density at radius 3 is 2.71 bits per heavy atom. The van der Waals surface area contributed by atoms with Gasteiger partial charge in [-0.25, -0.2) is 4.98 Å². The number of anilines is 2. The fraction of sp³-hybridized carbons (Fsp3) is 0.500. The molecular formula is C18H26N4OS. The third-order valence-corrected chi connectivity index (χ3v) is 4.92. The van der Waals surface area contributed by atoms with Crippen molar-refractivity contribution in [3.05, 3.63) is 17.2 Å². The maximum absolute atomic E-state index is 12.1. The van der Waals surface area contributed by atoms with E-state index in [0.717, 1.165) is 44.3 Å². The minimum Gasteiger partial charge on any atom is -0.326 e. The Kier molecular flexibility index (Phi) is 5.94. The fourth-order valence-corrected chi connectivity index (χ4v) is 3.30. The van der Waals surface area contributed by atoms with E-state index in [1.807, 2.05) is 40.7 Å². The van der Waals surface area contributed by atoms with Gasteiger partial charge in [0, 0.05) is 17.8 Å². The molecule has 1 aromatic carbocycles. The number of thiazole rings is 1. The Morgan fingerprint density at radius 1 is 1.38 bits per heavy atom. The molecule has 0 aliphatic rings. The van der Waals surface area contributed by atoms with Gasteiger partial charge < -0.3 is 5.32 Å². The van der Waals surface area contributed by atoms with Crippen molar-refractivity contribution in [1.29, 1.82) is 0 Å². The summed E-state index contributed by atoms with van der Waals surface area (Å²) in [5.74, 6) is 0.398. The normalized spacial score (nSPS) is 12.0. The zero-order chi connectivity index (χ0) is 17.9. The molecule has 2 aromatic rings. The minimum atomic E-state index is 0.0570. The number of nitrogens with zero attached hydrogens (tertiary/aromatic N) is 2. The largest absolute Gasteiger partial charge is 0.326 e. The van der Waals surface area contributed by atoms with Crippen LogP contribution in [0.5, 0.6) is 0 Å². The second kappa shape index (κ2) is 7.75. The standard InChI is InChI=1S/C18H26N4OS/c1-7-12(5)21-22-18-19-14-9-11(4)16(13(6)17(14)24-18)20-15(23)8-10(2)3/h9-10H,7-8H2,1-6H3,(H,19,22)(H,20,23)/b21-12-. The van der Waals surface area contributed by atoms with Gasteiger partial charge in [-0.3, -0.25) is 10.2 Å². The molecule has 0 spiro atoms. The average molecular weight is 347 g/mol. The zero-order valence-corrected chi connectivity index (χ0v) is 16.1. The molecule has 5 nitrogen and oxygen atoms in total. The van der Waals surface area contributed by atoms with E-state index in [-0.39, 0.29) is 5.91 Å². The molecule has 24 heavy (non-hydrogen) atoms. The molecule has 2 rings (SSSR count). The fourth-order valence-electron chi connectivity index (χ4n) is 2.41. The third kappa shape index (κ3) is 4.32. The second-order valence-corrected chi connectivity index (χ2v) is 7.52. The molecule has 0 saturated carbocycles. The number of nitrogens with one attached hydrogen (secondary N) is 2. The first-order chi connectivity index (χ1) is 11.3. The maximum atomic E-state index is 12.1. The summed E-state index contributed by atoms with van der Waals surface area (Å²) in [6.07, 6.45) is 1.43. The summed E-state index contributed by atoms with van der Waals surface area (Å²) in [7, 11) is 0. The number of hydrazone groups is 1. The van der Waals surface area contributed by atoms with Crippen LogP contribution in [0.15, 0.2) is 11.2 Å². The lowest BCUT2D eigenvalue weighted by Gasteiger charge is -2.13. The van der Waals surface area contributed by atoms with Gasteiger partial charge in [0.1, 0.15) is 0 Å². The number of aryl methyl sites for hydroxylation is 2. The summed E-state index contributed by atoms with van der Waals surface area (Å²) < 4.78 is 1.08. The summed E-state index contributed by atoms with van der Waals surface area (Å²) >= 11 is 1.56. The van der Waals surface area contributed by atoms with E-state index in [2.05, 4.69) is 27.8 Å². The van der Waals surface area contributed by atoms with Crippen LogP contribution in [-0.2, 0) is 4.79 Å². The molecule has 1 amide bonds. The van der Waals surface area contributed by atoms with Crippen LogP contribution in [0.4, 0.5) is 10.8 Å².